The molecule has 1 aromatic carbocycles. The number of hydrogen-bond donors (Lipinski definition) is 0. The molecule has 1 aliphatic rings. The first kappa shape index (κ1) is 14.3. The van der Waals surface area contributed by atoms with Crippen LogP contribution in [0.25, 0.3) is 0 Å². The van der Waals surface area contributed by atoms with Crippen LogP contribution in [-0.4, -0.2) is 42.6 Å². The third-order valence-corrected chi connectivity index (χ3v) is 3.42. The van der Waals surface area contributed by atoms with E-state index in [4.69, 9.17) is 25.9 Å². The number of hydroxylamine groups is 2. The zero-order chi connectivity index (χ0) is 13.8. The molecule has 0 bridgehead atoms. The molecule has 1 aliphatic heterocycles. The summed E-state index contributed by atoms with van der Waals surface area (Å²) in [6, 6.07) is 8.56. The summed E-state index contributed by atoms with van der Waals surface area (Å²) in [6.07, 6.45) is -0.609. The highest BCUT2D eigenvalue weighted by atomic mass is 35.5. The number of esters is 1. The molecule has 0 aliphatic carbocycles. The molecule has 3 unspecified atom stereocenters. The Morgan fingerprint density at radius 2 is 2.11 bits per heavy atom. The highest BCUT2D eigenvalue weighted by Gasteiger charge is 2.37. The lowest BCUT2D eigenvalue weighted by Gasteiger charge is -2.39. The molecule has 1 saturated heterocycles. The minimum absolute atomic E-state index is 0.172. The molecule has 0 amide bonds. The summed E-state index contributed by atoms with van der Waals surface area (Å²) in [5, 5.41) is 1.53. The molecule has 19 heavy (non-hydrogen) atoms. The predicted octanol–water partition coefficient (Wildman–Crippen LogP) is 2.02. The lowest BCUT2D eigenvalue weighted by Crippen LogP contribution is -2.54. The van der Waals surface area contributed by atoms with Gasteiger partial charge in [0.05, 0.1) is 18.7 Å². The first-order valence-electron chi connectivity index (χ1n) is 5.97. The number of ether oxygens (including phenoxy) is 2. The second-order valence-electron chi connectivity index (χ2n) is 4.19. The van der Waals surface area contributed by atoms with Gasteiger partial charge in [-0.3, -0.25) is 4.84 Å². The largest absolute Gasteiger partial charge is 0.438 e. The molecule has 6 heteroatoms. The van der Waals surface area contributed by atoms with Gasteiger partial charge in [0.15, 0.2) is 0 Å². The zero-order valence-corrected chi connectivity index (χ0v) is 11.5. The van der Waals surface area contributed by atoms with E-state index >= 15 is 0 Å². The van der Waals surface area contributed by atoms with Crippen molar-refractivity contribution in [1.29, 1.82) is 0 Å². The van der Waals surface area contributed by atoms with E-state index in [1.807, 2.05) is 13.0 Å². The van der Waals surface area contributed by atoms with Crippen LogP contribution in [0.1, 0.15) is 17.3 Å². The lowest BCUT2D eigenvalue weighted by molar-refractivity contribution is -0.290. The Morgan fingerprint density at radius 3 is 2.74 bits per heavy atom. The third kappa shape index (κ3) is 3.25. The van der Waals surface area contributed by atoms with Crippen LogP contribution in [-0.2, 0) is 14.3 Å². The van der Waals surface area contributed by atoms with Crippen LogP contribution in [0.15, 0.2) is 30.3 Å². The molecule has 3 atom stereocenters. The Kier molecular flexibility index (Phi) is 4.76. The second-order valence-corrected chi connectivity index (χ2v) is 4.62. The number of halogens is 1. The number of rotatable bonds is 3. The Morgan fingerprint density at radius 1 is 1.42 bits per heavy atom. The molecule has 104 valence electrons. The van der Waals surface area contributed by atoms with Crippen molar-refractivity contribution in [3.63, 3.8) is 0 Å². The molecule has 0 aromatic heterocycles. The standard InChI is InChI=1S/C13H16ClNO4/c1-9-12(14)18-8-11(15(9)17-2)19-13(16)10-6-4-3-5-7-10/h3-7,9,11-12H,8H2,1-2H3. The number of morpholine rings is 1. The van der Waals surface area contributed by atoms with Crippen LogP contribution in [0.4, 0.5) is 0 Å². The van der Waals surface area contributed by atoms with Gasteiger partial charge in [0, 0.05) is 0 Å². The zero-order valence-electron chi connectivity index (χ0n) is 10.8. The fourth-order valence-electron chi connectivity index (χ4n) is 1.90. The summed E-state index contributed by atoms with van der Waals surface area (Å²) < 4.78 is 10.7. The number of nitrogens with zero attached hydrogens (tertiary/aromatic N) is 1. The molecular weight excluding hydrogens is 270 g/mol. The summed E-state index contributed by atoms with van der Waals surface area (Å²) in [4.78, 5) is 17.2. The maximum atomic E-state index is 12.0. The number of carbonyl (C=O) groups excluding carboxylic acids is 1. The average molecular weight is 286 g/mol. The van der Waals surface area contributed by atoms with Crippen molar-refractivity contribution in [2.45, 2.75) is 24.8 Å². The number of hydrogen-bond acceptors (Lipinski definition) is 5. The number of alkyl halides is 1. The van der Waals surface area contributed by atoms with Gasteiger partial charge in [0.25, 0.3) is 0 Å². The van der Waals surface area contributed by atoms with Crippen LogP contribution >= 0.6 is 11.6 Å². The Labute approximate surface area is 116 Å². The number of carbonyl (C=O) groups is 1. The van der Waals surface area contributed by atoms with Gasteiger partial charge >= 0.3 is 5.97 Å². The second kappa shape index (κ2) is 6.34. The highest BCUT2D eigenvalue weighted by molar-refractivity contribution is 6.20. The van der Waals surface area contributed by atoms with Crippen LogP contribution in [0.5, 0.6) is 0 Å². The molecule has 0 N–H and O–H groups in total. The van der Waals surface area contributed by atoms with E-state index in [0.717, 1.165) is 0 Å². The van der Waals surface area contributed by atoms with E-state index in [1.54, 1.807) is 24.3 Å². The number of benzene rings is 1. The van der Waals surface area contributed by atoms with Gasteiger partial charge in [-0.2, -0.15) is 0 Å². The molecule has 1 heterocycles. The molecule has 1 aromatic rings. The first-order chi connectivity index (χ1) is 9.13. The maximum absolute atomic E-state index is 12.0. The van der Waals surface area contributed by atoms with E-state index in [1.165, 1.54) is 12.2 Å². The van der Waals surface area contributed by atoms with Crippen molar-refractivity contribution >= 4 is 17.6 Å². The van der Waals surface area contributed by atoms with E-state index in [-0.39, 0.29) is 12.6 Å². The van der Waals surface area contributed by atoms with Gasteiger partial charge in [0.2, 0.25) is 6.23 Å². The van der Waals surface area contributed by atoms with Crippen molar-refractivity contribution in [2.75, 3.05) is 13.7 Å². The van der Waals surface area contributed by atoms with Gasteiger partial charge in [-0.15, -0.1) is 5.06 Å². The SMILES string of the molecule is CON1C(OC(=O)c2ccccc2)COC(Cl)C1C. The van der Waals surface area contributed by atoms with Crippen molar-refractivity contribution in [3.8, 4) is 0 Å². The normalized spacial score (nSPS) is 28.1. The first-order valence-corrected chi connectivity index (χ1v) is 6.41. The van der Waals surface area contributed by atoms with Crippen molar-refractivity contribution < 1.29 is 19.1 Å². The smallest absolute Gasteiger partial charge is 0.339 e. The van der Waals surface area contributed by atoms with E-state index in [2.05, 4.69) is 0 Å². The van der Waals surface area contributed by atoms with Gasteiger partial charge < -0.3 is 9.47 Å². The van der Waals surface area contributed by atoms with E-state index in [9.17, 15) is 4.79 Å². The van der Waals surface area contributed by atoms with E-state index < -0.39 is 17.8 Å². The third-order valence-electron chi connectivity index (χ3n) is 2.93. The molecule has 0 saturated carbocycles. The minimum Gasteiger partial charge on any atom is -0.438 e. The van der Waals surface area contributed by atoms with Crippen LogP contribution in [0, 0.1) is 0 Å². The minimum atomic E-state index is -0.609. The molecule has 1 fully saturated rings. The molecular formula is C13H16ClNO4. The van der Waals surface area contributed by atoms with Gasteiger partial charge in [0.1, 0.15) is 12.2 Å². The molecule has 2 rings (SSSR count). The summed E-state index contributed by atoms with van der Waals surface area (Å²) in [5.74, 6) is -0.420. The Balaban J connectivity index is 2.04. The van der Waals surface area contributed by atoms with Crippen molar-refractivity contribution in [2.24, 2.45) is 0 Å². The van der Waals surface area contributed by atoms with E-state index in [0.29, 0.717) is 5.56 Å². The lowest BCUT2D eigenvalue weighted by atomic mass is 10.2. The quantitative estimate of drug-likeness (QED) is 0.628. The summed E-state index contributed by atoms with van der Waals surface area (Å²) in [7, 11) is 1.51. The fraction of sp³-hybridized carbons (Fsp3) is 0.462. The summed E-state index contributed by atoms with van der Waals surface area (Å²) >= 11 is 5.98. The predicted molar refractivity (Wildman–Crippen MR) is 69.5 cm³/mol. The molecule has 5 nitrogen and oxygen atoms in total. The molecule has 0 radical (unpaired) electrons. The summed E-state index contributed by atoms with van der Waals surface area (Å²) in [5.41, 5.74) is -0.00849. The van der Waals surface area contributed by atoms with Gasteiger partial charge in [-0.25, -0.2) is 4.79 Å². The maximum Gasteiger partial charge on any atom is 0.339 e. The monoisotopic (exact) mass is 285 g/mol. The topological polar surface area (TPSA) is 48.0 Å². The van der Waals surface area contributed by atoms with Crippen LogP contribution in [0.3, 0.4) is 0 Å². The average Bonchev–Trinajstić information content (AvgIpc) is 2.44. The molecule has 0 spiro atoms. The Hall–Kier alpha value is -1.14. The highest BCUT2D eigenvalue weighted by Crippen LogP contribution is 2.22. The fourth-order valence-corrected chi connectivity index (χ4v) is 2.08. The van der Waals surface area contributed by atoms with Crippen molar-refractivity contribution in [3.05, 3.63) is 35.9 Å². The van der Waals surface area contributed by atoms with Crippen LogP contribution in [0.2, 0.25) is 0 Å². The van der Waals surface area contributed by atoms with Crippen molar-refractivity contribution in [1.82, 2.24) is 5.06 Å². The van der Waals surface area contributed by atoms with Crippen LogP contribution < -0.4 is 0 Å². The van der Waals surface area contributed by atoms with Gasteiger partial charge in [-0.05, 0) is 19.1 Å². The Bertz CT molecular complexity index is 428. The van der Waals surface area contributed by atoms with Gasteiger partial charge in [-0.1, -0.05) is 29.8 Å². The summed E-state index contributed by atoms with van der Waals surface area (Å²) in [6.45, 7) is 2.01.